The van der Waals surface area contributed by atoms with Crippen LogP contribution in [0.5, 0.6) is 5.75 Å². The molecule has 6 heteroatoms. The summed E-state index contributed by atoms with van der Waals surface area (Å²) < 4.78 is 0. The molecule has 2 N–H and O–H groups in total. The zero-order valence-corrected chi connectivity index (χ0v) is 13.6. The maximum atomic E-state index is 12.7. The Morgan fingerprint density at radius 1 is 1.08 bits per heavy atom. The Morgan fingerprint density at radius 3 is 2.32 bits per heavy atom. The number of H-pyrrole nitrogens is 1. The Bertz CT molecular complexity index is 937. The Kier molecular flexibility index (Phi) is 4.61. The van der Waals surface area contributed by atoms with Crippen molar-refractivity contribution in [1.82, 2.24) is 14.9 Å². The van der Waals surface area contributed by atoms with Gasteiger partial charge in [-0.15, -0.1) is 0 Å². The summed E-state index contributed by atoms with van der Waals surface area (Å²) in [6, 6.07) is 18.4. The summed E-state index contributed by atoms with van der Waals surface area (Å²) in [5.74, 6) is -0.964. The van der Waals surface area contributed by atoms with Gasteiger partial charge < -0.3 is 15.0 Å². The van der Waals surface area contributed by atoms with Gasteiger partial charge in [0.2, 0.25) is 5.75 Å². The van der Waals surface area contributed by atoms with Gasteiger partial charge in [-0.25, -0.2) is 4.98 Å². The fraction of sp³-hybridized carbons (Fsp3) is 0.105. The summed E-state index contributed by atoms with van der Waals surface area (Å²) in [6.45, 7) is 0.342. The van der Waals surface area contributed by atoms with Crippen molar-refractivity contribution >= 4 is 5.91 Å². The van der Waals surface area contributed by atoms with Crippen molar-refractivity contribution in [3.63, 3.8) is 0 Å². The normalized spacial score (nSPS) is 10.4. The van der Waals surface area contributed by atoms with E-state index in [4.69, 9.17) is 0 Å². The lowest BCUT2D eigenvalue weighted by Gasteiger charge is -2.17. The molecule has 6 nitrogen and oxygen atoms in total. The summed E-state index contributed by atoms with van der Waals surface area (Å²) in [5, 5.41) is 10.0. The topological polar surface area (TPSA) is 86.3 Å². The second kappa shape index (κ2) is 7.00. The largest absolute Gasteiger partial charge is 0.501 e. The van der Waals surface area contributed by atoms with Crippen LogP contribution in [0, 0.1) is 0 Å². The molecule has 3 rings (SSSR count). The average molecular weight is 335 g/mol. The van der Waals surface area contributed by atoms with Crippen molar-refractivity contribution < 1.29 is 9.90 Å². The second-order valence-corrected chi connectivity index (χ2v) is 5.62. The van der Waals surface area contributed by atoms with Crippen LogP contribution in [0.2, 0.25) is 0 Å². The van der Waals surface area contributed by atoms with E-state index in [-0.39, 0.29) is 11.5 Å². The van der Waals surface area contributed by atoms with Crippen molar-refractivity contribution in [2.45, 2.75) is 6.54 Å². The first-order valence-corrected chi connectivity index (χ1v) is 7.74. The number of nitrogens with zero attached hydrogens (tertiary/aromatic N) is 2. The molecule has 0 aliphatic heterocycles. The van der Waals surface area contributed by atoms with Gasteiger partial charge in [0.15, 0.2) is 5.69 Å². The van der Waals surface area contributed by atoms with E-state index in [2.05, 4.69) is 9.97 Å². The fourth-order valence-corrected chi connectivity index (χ4v) is 2.46. The molecular weight excluding hydrogens is 318 g/mol. The van der Waals surface area contributed by atoms with Gasteiger partial charge in [-0.3, -0.25) is 9.59 Å². The van der Waals surface area contributed by atoms with Crippen molar-refractivity contribution in [3.05, 3.63) is 82.3 Å². The molecule has 0 spiro atoms. The van der Waals surface area contributed by atoms with Gasteiger partial charge in [0.1, 0.15) is 5.82 Å². The first kappa shape index (κ1) is 16.4. The van der Waals surface area contributed by atoms with Crippen molar-refractivity contribution in [1.29, 1.82) is 0 Å². The average Bonchev–Trinajstić information content (AvgIpc) is 2.65. The molecule has 0 fully saturated rings. The van der Waals surface area contributed by atoms with E-state index in [9.17, 15) is 14.7 Å². The van der Waals surface area contributed by atoms with Crippen molar-refractivity contribution in [2.75, 3.05) is 7.05 Å². The molecule has 0 saturated carbocycles. The van der Waals surface area contributed by atoms with E-state index in [1.807, 2.05) is 36.4 Å². The Labute approximate surface area is 144 Å². The van der Waals surface area contributed by atoms with Crippen LogP contribution in [-0.2, 0) is 6.54 Å². The van der Waals surface area contributed by atoms with Gasteiger partial charge in [0.25, 0.3) is 11.5 Å². The number of nitrogens with one attached hydrogen (secondary N) is 1. The Hall–Kier alpha value is -3.41. The van der Waals surface area contributed by atoms with Gasteiger partial charge in [-0.2, -0.15) is 0 Å². The van der Waals surface area contributed by atoms with E-state index < -0.39 is 17.2 Å². The third kappa shape index (κ3) is 3.58. The monoisotopic (exact) mass is 335 g/mol. The lowest BCUT2D eigenvalue weighted by Crippen LogP contribution is -2.29. The molecule has 2 aromatic carbocycles. The van der Waals surface area contributed by atoms with Crippen LogP contribution < -0.4 is 5.56 Å². The molecule has 0 aliphatic carbocycles. The maximum absolute atomic E-state index is 12.7. The van der Waals surface area contributed by atoms with Crippen LogP contribution in [0.4, 0.5) is 0 Å². The highest BCUT2D eigenvalue weighted by atomic mass is 16.3. The van der Waals surface area contributed by atoms with Crippen LogP contribution >= 0.6 is 0 Å². The molecule has 3 aromatic rings. The van der Waals surface area contributed by atoms with Crippen LogP contribution in [-0.4, -0.2) is 32.9 Å². The minimum atomic E-state index is -0.745. The summed E-state index contributed by atoms with van der Waals surface area (Å²) in [4.78, 5) is 32.7. The number of aromatic hydroxyl groups is 1. The van der Waals surface area contributed by atoms with E-state index in [0.717, 1.165) is 5.56 Å². The maximum Gasteiger partial charge on any atom is 0.294 e. The predicted molar refractivity (Wildman–Crippen MR) is 94.2 cm³/mol. The zero-order chi connectivity index (χ0) is 17.8. The lowest BCUT2D eigenvalue weighted by atomic mass is 10.2. The van der Waals surface area contributed by atoms with E-state index >= 15 is 0 Å². The summed E-state index contributed by atoms with van der Waals surface area (Å²) in [5.41, 5.74) is 0.580. The number of rotatable bonds is 4. The summed E-state index contributed by atoms with van der Waals surface area (Å²) in [7, 11) is 1.60. The fourth-order valence-electron chi connectivity index (χ4n) is 2.46. The summed E-state index contributed by atoms with van der Waals surface area (Å²) >= 11 is 0. The Morgan fingerprint density at radius 2 is 1.68 bits per heavy atom. The number of hydrogen-bond acceptors (Lipinski definition) is 4. The number of aromatic nitrogens is 2. The van der Waals surface area contributed by atoms with Crippen LogP contribution in [0.25, 0.3) is 11.4 Å². The molecule has 0 atom stereocenters. The van der Waals surface area contributed by atoms with Crippen molar-refractivity contribution in [2.24, 2.45) is 0 Å². The van der Waals surface area contributed by atoms with E-state index in [1.54, 1.807) is 31.3 Å². The first-order valence-electron chi connectivity index (χ1n) is 7.74. The molecule has 1 heterocycles. The first-order chi connectivity index (χ1) is 12.1. The number of benzene rings is 2. The number of carbonyl (C=O) groups excluding carboxylic acids is 1. The van der Waals surface area contributed by atoms with Crippen LogP contribution in [0.15, 0.2) is 65.5 Å². The molecule has 1 aromatic heterocycles. The predicted octanol–water partition coefficient (Wildman–Crippen LogP) is 2.41. The molecule has 1 amide bonds. The van der Waals surface area contributed by atoms with Gasteiger partial charge in [0, 0.05) is 19.2 Å². The highest BCUT2D eigenvalue weighted by molar-refractivity contribution is 5.95. The zero-order valence-electron chi connectivity index (χ0n) is 13.6. The Balaban J connectivity index is 1.94. The third-order valence-electron chi connectivity index (χ3n) is 3.75. The van der Waals surface area contributed by atoms with Gasteiger partial charge in [-0.1, -0.05) is 60.7 Å². The molecule has 0 radical (unpaired) electrons. The number of hydrogen-bond donors (Lipinski definition) is 2. The van der Waals surface area contributed by atoms with Crippen LogP contribution in [0.3, 0.4) is 0 Å². The van der Waals surface area contributed by atoms with Gasteiger partial charge in [0.05, 0.1) is 0 Å². The minimum Gasteiger partial charge on any atom is -0.501 e. The molecule has 126 valence electrons. The standard InChI is InChI=1S/C19H17N3O3/c1-22(12-13-8-4-2-5-9-13)19(25)15-16(23)18(24)21-17(20-15)14-10-6-3-7-11-14/h2-11,23H,12H2,1H3,(H,20,21,24). The molecular formula is C19H17N3O3. The smallest absolute Gasteiger partial charge is 0.294 e. The summed E-state index contributed by atoms with van der Waals surface area (Å²) in [6.07, 6.45) is 0. The number of aromatic amines is 1. The lowest BCUT2D eigenvalue weighted by molar-refractivity contribution is 0.0775. The molecule has 25 heavy (non-hydrogen) atoms. The highest BCUT2D eigenvalue weighted by Crippen LogP contribution is 2.18. The second-order valence-electron chi connectivity index (χ2n) is 5.62. The SMILES string of the molecule is CN(Cc1ccccc1)C(=O)c1nc(-c2ccccc2)[nH]c(=O)c1O. The molecule has 0 saturated heterocycles. The highest BCUT2D eigenvalue weighted by Gasteiger charge is 2.21. The molecule has 0 unspecified atom stereocenters. The quantitative estimate of drug-likeness (QED) is 0.766. The molecule has 0 bridgehead atoms. The van der Waals surface area contributed by atoms with E-state index in [0.29, 0.717) is 12.1 Å². The third-order valence-corrected chi connectivity index (χ3v) is 3.75. The van der Waals surface area contributed by atoms with Crippen molar-refractivity contribution in [3.8, 4) is 17.1 Å². The number of carbonyl (C=O) groups is 1. The molecule has 0 aliphatic rings. The van der Waals surface area contributed by atoms with E-state index in [1.165, 1.54) is 4.90 Å². The number of amides is 1. The van der Waals surface area contributed by atoms with Gasteiger partial charge in [-0.05, 0) is 5.56 Å². The minimum absolute atomic E-state index is 0.236. The van der Waals surface area contributed by atoms with Crippen LogP contribution in [0.1, 0.15) is 16.1 Å². The van der Waals surface area contributed by atoms with Gasteiger partial charge >= 0.3 is 0 Å².